The maximum atomic E-state index is 11.8. The monoisotopic (exact) mass is 333 g/mol. The molecule has 1 N–H and O–H groups in total. The number of hydrogen-bond acceptors (Lipinski definition) is 4. The Kier molecular flexibility index (Phi) is 5.10. The van der Waals surface area contributed by atoms with E-state index in [4.69, 9.17) is 4.98 Å². The van der Waals surface area contributed by atoms with Crippen molar-refractivity contribution in [3.8, 4) is 0 Å². The molecule has 0 bridgehead atoms. The molecule has 1 atom stereocenters. The second-order valence-electron chi connectivity index (χ2n) is 6.32. The van der Waals surface area contributed by atoms with E-state index in [1.165, 1.54) is 6.08 Å². The third-order valence-electron chi connectivity index (χ3n) is 4.45. The van der Waals surface area contributed by atoms with Gasteiger partial charge in [-0.15, -0.1) is 11.3 Å². The molecule has 1 saturated heterocycles. The van der Waals surface area contributed by atoms with E-state index in [2.05, 4.69) is 17.3 Å². The zero-order valence-electron chi connectivity index (χ0n) is 13.3. The Hall–Kier alpha value is -1.69. The van der Waals surface area contributed by atoms with Crippen LogP contribution in [-0.2, 0) is 16.0 Å². The Labute approximate surface area is 140 Å². The van der Waals surface area contributed by atoms with Crippen LogP contribution in [-0.4, -0.2) is 41.3 Å². The quantitative estimate of drug-likeness (QED) is 0.811. The number of carbonyl (C=O) groups is 2. The molecule has 0 radical (unpaired) electrons. The van der Waals surface area contributed by atoms with Crippen molar-refractivity contribution in [3.05, 3.63) is 28.7 Å². The molecule has 1 aromatic rings. The van der Waals surface area contributed by atoms with Crippen LogP contribution in [0.1, 0.15) is 42.3 Å². The first kappa shape index (κ1) is 16.2. The van der Waals surface area contributed by atoms with Crippen molar-refractivity contribution < 1.29 is 9.59 Å². The molecule has 2 aliphatic rings. The summed E-state index contributed by atoms with van der Waals surface area (Å²) < 4.78 is 0. The lowest BCUT2D eigenvalue weighted by molar-refractivity contribution is -0.127. The van der Waals surface area contributed by atoms with Gasteiger partial charge in [0.15, 0.2) is 0 Å². The van der Waals surface area contributed by atoms with Gasteiger partial charge in [-0.2, -0.15) is 0 Å². The zero-order valence-corrected chi connectivity index (χ0v) is 14.1. The van der Waals surface area contributed by atoms with Gasteiger partial charge in [0.25, 0.3) is 0 Å². The normalized spacial score (nSPS) is 21.0. The van der Waals surface area contributed by atoms with E-state index < -0.39 is 0 Å². The minimum absolute atomic E-state index is 0.00858. The molecule has 2 amide bonds. The number of thiazole rings is 1. The van der Waals surface area contributed by atoms with Crippen LogP contribution in [0.2, 0.25) is 0 Å². The second-order valence-corrected chi connectivity index (χ2v) is 7.21. The minimum atomic E-state index is 0.00858. The highest BCUT2D eigenvalue weighted by Gasteiger charge is 2.29. The van der Waals surface area contributed by atoms with Crippen LogP contribution < -0.4 is 5.32 Å². The summed E-state index contributed by atoms with van der Waals surface area (Å²) in [6.07, 6.45) is 6.32. The minimum Gasteiger partial charge on any atom is -0.355 e. The molecule has 2 fully saturated rings. The molecule has 1 aromatic heterocycles. The number of nitrogens with one attached hydrogen (secondary N) is 1. The molecule has 1 saturated carbocycles. The number of piperidine rings is 1. The van der Waals surface area contributed by atoms with Crippen LogP contribution in [0.5, 0.6) is 0 Å². The molecule has 2 heterocycles. The highest BCUT2D eigenvalue weighted by atomic mass is 32.1. The number of amides is 2. The lowest BCUT2D eigenvalue weighted by Crippen LogP contribution is -2.38. The number of nitrogens with zero attached hydrogens (tertiary/aromatic N) is 2. The molecule has 3 rings (SSSR count). The molecular formula is C17H23N3O2S. The highest BCUT2D eigenvalue weighted by molar-refractivity contribution is 7.09. The second kappa shape index (κ2) is 7.25. The maximum absolute atomic E-state index is 11.8. The predicted molar refractivity (Wildman–Crippen MR) is 90.3 cm³/mol. The van der Waals surface area contributed by atoms with Crippen LogP contribution >= 0.6 is 11.3 Å². The van der Waals surface area contributed by atoms with E-state index in [1.807, 2.05) is 4.90 Å². The van der Waals surface area contributed by atoms with Gasteiger partial charge in [-0.3, -0.25) is 9.59 Å². The van der Waals surface area contributed by atoms with Crippen LogP contribution in [0, 0.1) is 5.92 Å². The predicted octanol–water partition coefficient (Wildman–Crippen LogP) is 2.10. The zero-order chi connectivity index (χ0) is 16.2. The van der Waals surface area contributed by atoms with Crippen LogP contribution in [0.25, 0.3) is 0 Å². The summed E-state index contributed by atoms with van der Waals surface area (Å²) in [7, 11) is 0. The Balaban J connectivity index is 1.50. The van der Waals surface area contributed by atoms with E-state index in [0.29, 0.717) is 12.5 Å². The number of rotatable bonds is 6. The molecule has 23 heavy (non-hydrogen) atoms. The first-order chi connectivity index (χ1) is 11.2. The fourth-order valence-electron chi connectivity index (χ4n) is 2.94. The summed E-state index contributed by atoms with van der Waals surface area (Å²) in [5.74, 6) is 0.782. The van der Waals surface area contributed by atoms with Crippen LogP contribution in [0.15, 0.2) is 18.0 Å². The highest BCUT2D eigenvalue weighted by Crippen LogP contribution is 2.30. The van der Waals surface area contributed by atoms with E-state index in [9.17, 15) is 9.59 Å². The molecular weight excluding hydrogens is 310 g/mol. The third-order valence-corrected chi connectivity index (χ3v) is 5.51. The van der Waals surface area contributed by atoms with E-state index in [-0.39, 0.29) is 17.7 Å². The molecule has 1 unspecified atom stereocenters. The van der Waals surface area contributed by atoms with Gasteiger partial charge in [0.05, 0.1) is 10.7 Å². The Bertz CT molecular complexity index is 594. The number of carbonyl (C=O) groups excluding carboxylic acids is 2. The smallest absolute Gasteiger partial charge is 0.245 e. The average molecular weight is 333 g/mol. The number of hydrogen-bond donors (Lipinski definition) is 1. The molecule has 5 nitrogen and oxygen atoms in total. The van der Waals surface area contributed by atoms with Crippen molar-refractivity contribution in [1.82, 2.24) is 15.2 Å². The van der Waals surface area contributed by atoms with Gasteiger partial charge in [-0.1, -0.05) is 6.58 Å². The molecule has 0 aromatic carbocycles. The summed E-state index contributed by atoms with van der Waals surface area (Å²) in [6, 6.07) is 0. The molecule has 0 spiro atoms. The van der Waals surface area contributed by atoms with Gasteiger partial charge in [0, 0.05) is 43.3 Å². The van der Waals surface area contributed by atoms with Gasteiger partial charge in [-0.25, -0.2) is 4.98 Å². The lowest BCUT2D eigenvalue weighted by Gasteiger charge is -2.31. The standard InChI is InChI=1S/C17H23N3O2S/c1-2-15(21)20-9-3-4-13(10-20)17-19-14(11-23-17)7-8-18-16(22)12-5-6-12/h2,11-13H,1,3-10H2,(H,18,22). The molecule has 1 aliphatic carbocycles. The summed E-state index contributed by atoms with van der Waals surface area (Å²) in [5, 5.41) is 6.16. The Morgan fingerprint density at radius 1 is 1.43 bits per heavy atom. The fourth-order valence-corrected chi connectivity index (χ4v) is 3.92. The van der Waals surface area contributed by atoms with Crippen LogP contribution in [0.3, 0.4) is 0 Å². The summed E-state index contributed by atoms with van der Waals surface area (Å²) in [6.45, 7) is 5.77. The molecule has 1 aliphatic heterocycles. The number of likely N-dealkylation sites (tertiary alicyclic amines) is 1. The van der Waals surface area contributed by atoms with Crippen molar-refractivity contribution in [1.29, 1.82) is 0 Å². The summed E-state index contributed by atoms with van der Waals surface area (Å²) in [5.41, 5.74) is 1.04. The largest absolute Gasteiger partial charge is 0.355 e. The van der Waals surface area contributed by atoms with E-state index in [0.717, 1.165) is 55.9 Å². The summed E-state index contributed by atoms with van der Waals surface area (Å²) >= 11 is 1.67. The molecule has 6 heteroatoms. The third kappa shape index (κ3) is 4.19. The first-order valence-electron chi connectivity index (χ1n) is 8.30. The SMILES string of the molecule is C=CC(=O)N1CCCC(c2nc(CCNC(=O)C3CC3)cs2)C1. The van der Waals surface area contributed by atoms with Gasteiger partial charge in [0.2, 0.25) is 11.8 Å². The van der Waals surface area contributed by atoms with E-state index in [1.54, 1.807) is 11.3 Å². The van der Waals surface area contributed by atoms with Gasteiger partial charge in [0.1, 0.15) is 0 Å². The Morgan fingerprint density at radius 3 is 3.00 bits per heavy atom. The van der Waals surface area contributed by atoms with Gasteiger partial charge in [-0.05, 0) is 31.8 Å². The van der Waals surface area contributed by atoms with Crippen molar-refractivity contribution >= 4 is 23.2 Å². The van der Waals surface area contributed by atoms with Crippen molar-refractivity contribution in [2.45, 2.75) is 38.0 Å². The van der Waals surface area contributed by atoms with E-state index >= 15 is 0 Å². The topological polar surface area (TPSA) is 62.3 Å². The first-order valence-corrected chi connectivity index (χ1v) is 9.18. The number of aromatic nitrogens is 1. The van der Waals surface area contributed by atoms with Crippen molar-refractivity contribution in [3.63, 3.8) is 0 Å². The fraction of sp³-hybridized carbons (Fsp3) is 0.588. The van der Waals surface area contributed by atoms with Gasteiger partial charge >= 0.3 is 0 Å². The Morgan fingerprint density at radius 2 is 2.26 bits per heavy atom. The maximum Gasteiger partial charge on any atom is 0.245 e. The summed E-state index contributed by atoms with van der Waals surface area (Å²) in [4.78, 5) is 29.9. The lowest BCUT2D eigenvalue weighted by atomic mass is 9.98. The van der Waals surface area contributed by atoms with Crippen LogP contribution in [0.4, 0.5) is 0 Å². The van der Waals surface area contributed by atoms with Crippen molar-refractivity contribution in [2.24, 2.45) is 5.92 Å². The van der Waals surface area contributed by atoms with Crippen molar-refractivity contribution in [2.75, 3.05) is 19.6 Å². The molecule has 124 valence electrons. The van der Waals surface area contributed by atoms with Gasteiger partial charge < -0.3 is 10.2 Å². The average Bonchev–Trinajstić information content (AvgIpc) is 3.33.